The highest BCUT2D eigenvalue weighted by molar-refractivity contribution is 7.90. The standard InChI is InChI=1S/C16H24N2O4S/c1-23(20,21)9-8-22-14-6-3-5-13(10-14)18-16(19)15-7-2-4-12(15)11-17/h3,5-6,10,12,15H,2,4,7-9,11,17H2,1H3,(H,18,19)/t12-,15-/m1/s1. The second-order valence-corrected chi connectivity index (χ2v) is 8.29. The van der Waals surface area contributed by atoms with Crippen LogP contribution in [0, 0.1) is 11.8 Å². The van der Waals surface area contributed by atoms with E-state index in [9.17, 15) is 13.2 Å². The molecule has 128 valence electrons. The van der Waals surface area contributed by atoms with Gasteiger partial charge in [-0.05, 0) is 37.4 Å². The first-order valence-electron chi connectivity index (χ1n) is 7.80. The van der Waals surface area contributed by atoms with Crippen LogP contribution in [-0.2, 0) is 14.6 Å². The number of amides is 1. The van der Waals surface area contributed by atoms with Crippen LogP contribution in [-0.4, -0.2) is 39.5 Å². The third-order valence-corrected chi connectivity index (χ3v) is 5.03. The van der Waals surface area contributed by atoms with Gasteiger partial charge in [-0.3, -0.25) is 4.79 Å². The van der Waals surface area contributed by atoms with E-state index < -0.39 is 9.84 Å². The van der Waals surface area contributed by atoms with E-state index in [2.05, 4.69) is 5.32 Å². The van der Waals surface area contributed by atoms with Crippen LogP contribution in [0.4, 0.5) is 5.69 Å². The molecule has 1 aromatic rings. The lowest BCUT2D eigenvalue weighted by Crippen LogP contribution is -2.29. The molecule has 1 aliphatic carbocycles. The molecule has 7 heteroatoms. The predicted octanol–water partition coefficient (Wildman–Crippen LogP) is 1.42. The zero-order valence-corrected chi connectivity index (χ0v) is 14.1. The summed E-state index contributed by atoms with van der Waals surface area (Å²) in [6.07, 6.45) is 4.08. The summed E-state index contributed by atoms with van der Waals surface area (Å²) in [5, 5.41) is 2.90. The summed E-state index contributed by atoms with van der Waals surface area (Å²) in [5.74, 6) is 0.711. The van der Waals surface area contributed by atoms with E-state index in [1.54, 1.807) is 24.3 Å². The summed E-state index contributed by atoms with van der Waals surface area (Å²) >= 11 is 0. The fraction of sp³-hybridized carbons (Fsp3) is 0.562. The second kappa shape index (κ2) is 7.79. The number of nitrogens with two attached hydrogens (primary N) is 1. The Bertz CT molecular complexity index is 645. The van der Waals surface area contributed by atoms with Gasteiger partial charge in [0, 0.05) is 23.9 Å². The normalized spacial score (nSPS) is 21.1. The smallest absolute Gasteiger partial charge is 0.227 e. The third-order valence-electron chi connectivity index (χ3n) is 4.12. The van der Waals surface area contributed by atoms with Gasteiger partial charge in [-0.1, -0.05) is 12.5 Å². The van der Waals surface area contributed by atoms with Crippen LogP contribution in [0.3, 0.4) is 0 Å². The molecule has 0 bridgehead atoms. The molecule has 0 unspecified atom stereocenters. The number of nitrogens with one attached hydrogen (secondary N) is 1. The van der Waals surface area contributed by atoms with Gasteiger partial charge >= 0.3 is 0 Å². The lowest BCUT2D eigenvalue weighted by atomic mass is 9.95. The van der Waals surface area contributed by atoms with Gasteiger partial charge in [-0.25, -0.2) is 8.42 Å². The summed E-state index contributed by atoms with van der Waals surface area (Å²) in [7, 11) is -3.05. The van der Waals surface area contributed by atoms with Crippen molar-refractivity contribution in [1.82, 2.24) is 0 Å². The molecule has 0 aromatic heterocycles. The first kappa shape index (κ1) is 17.7. The van der Waals surface area contributed by atoms with Crippen molar-refractivity contribution >= 4 is 21.4 Å². The van der Waals surface area contributed by atoms with E-state index in [-0.39, 0.29) is 30.1 Å². The molecule has 2 rings (SSSR count). The average Bonchev–Trinajstić information content (AvgIpc) is 2.95. The molecule has 3 N–H and O–H groups in total. The number of sulfone groups is 1. The van der Waals surface area contributed by atoms with Gasteiger partial charge in [-0.2, -0.15) is 0 Å². The van der Waals surface area contributed by atoms with E-state index in [1.165, 1.54) is 6.26 Å². The highest BCUT2D eigenvalue weighted by atomic mass is 32.2. The molecule has 0 radical (unpaired) electrons. The highest BCUT2D eigenvalue weighted by Gasteiger charge is 2.31. The quantitative estimate of drug-likeness (QED) is 0.782. The summed E-state index contributed by atoms with van der Waals surface area (Å²) in [5.41, 5.74) is 6.37. The monoisotopic (exact) mass is 340 g/mol. The molecule has 1 aliphatic rings. The maximum atomic E-state index is 12.4. The summed E-state index contributed by atoms with van der Waals surface area (Å²) in [6, 6.07) is 6.98. The third kappa shape index (κ3) is 5.51. The van der Waals surface area contributed by atoms with Crippen molar-refractivity contribution in [2.24, 2.45) is 17.6 Å². The van der Waals surface area contributed by atoms with E-state index in [0.29, 0.717) is 18.0 Å². The Labute approximate surface area is 137 Å². The zero-order chi connectivity index (χ0) is 16.9. The fourth-order valence-electron chi connectivity index (χ4n) is 2.87. The zero-order valence-electron chi connectivity index (χ0n) is 13.3. The summed E-state index contributed by atoms with van der Waals surface area (Å²) in [6.45, 7) is 0.626. The molecule has 0 heterocycles. The molecule has 0 aliphatic heterocycles. The second-order valence-electron chi connectivity index (χ2n) is 6.03. The summed E-state index contributed by atoms with van der Waals surface area (Å²) < 4.78 is 27.6. The first-order valence-corrected chi connectivity index (χ1v) is 9.86. The number of hydrogen-bond donors (Lipinski definition) is 2. The maximum Gasteiger partial charge on any atom is 0.227 e. The van der Waals surface area contributed by atoms with Crippen LogP contribution >= 0.6 is 0 Å². The topological polar surface area (TPSA) is 98.5 Å². The Balaban J connectivity index is 1.93. The van der Waals surface area contributed by atoms with Crippen molar-refractivity contribution in [3.05, 3.63) is 24.3 Å². The van der Waals surface area contributed by atoms with Gasteiger partial charge < -0.3 is 15.8 Å². The number of rotatable bonds is 7. The molecule has 0 saturated heterocycles. The Morgan fingerprint density at radius 1 is 1.39 bits per heavy atom. The van der Waals surface area contributed by atoms with Gasteiger partial charge in [0.1, 0.15) is 12.4 Å². The molecule has 1 amide bonds. The maximum absolute atomic E-state index is 12.4. The van der Waals surface area contributed by atoms with Gasteiger partial charge in [0.05, 0.1) is 5.75 Å². The van der Waals surface area contributed by atoms with E-state index in [4.69, 9.17) is 10.5 Å². The Kier molecular flexibility index (Phi) is 6.01. The van der Waals surface area contributed by atoms with Crippen LogP contribution in [0.15, 0.2) is 24.3 Å². The molecule has 0 spiro atoms. The van der Waals surface area contributed by atoms with E-state index in [1.807, 2.05) is 0 Å². The highest BCUT2D eigenvalue weighted by Crippen LogP contribution is 2.32. The van der Waals surface area contributed by atoms with Crippen molar-refractivity contribution in [3.63, 3.8) is 0 Å². The largest absolute Gasteiger partial charge is 0.492 e. The number of benzene rings is 1. The number of carbonyl (C=O) groups is 1. The molecule has 2 atom stereocenters. The lowest BCUT2D eigenvalue weighted by Gasteiger charge is -2.17. The fourth-order valence-corrected chi connectivity index (χ4v) is 3.26. The number of hydrogen-bond acceptors (Lipinski definition) is 5. The molecule has 23 heavy (non-hydrogen) atoms. The van der Waals surface area contributed by atoms with Crippen LogP contribution in [0.2, 0.25) is 0 Å². The minimum Gasteiger partial charge on any atom is -0.492 e. The van der Waals surface area contributed by atoms with Crippen LogP contribution in [0.25, 0.3) is 0 Å². The minimum atomic E-state index is -3.05. The average molecular weight is 340 g/mol. The Morgan fingerprint density at radius 2 is 2.17 bits per heavy atom. The molecule has 6 nitrogen and oxygen atoms in total. The van der Waals surface area contributed by atoms with Crippen LogP contribution < -0.4 is 15.8 Å². The molecular formula is C16H24N2O4S. The van der Waals surface area contributed by atoms with Crippen molar-refractivity contribution in [2.45, 2.75) is 19.3 Å². The Morgan fingerprint density at radius 3 is 2.87 bits per heavy atom. The minimum absolute atomic E-state index is 0.00811. The Hall–Kier alpha value is -1.60. The molecule has 1 saturated carbocycles. The molecule has 1 aromatic carbocycles. The first-order chi connectivity index (χ1) is 10.9. The van der Waals surface area contributed by atoms with Crippen molar-refractivity contribution < 1.29 is 17.9 Å². The van der Waals surface area contributed by atoms with Crippen LogP contribution in [0.5, 0.6) is 5.75 Å². The van der Waals surface area contributed by atoms with Gasteiger partial charge in [0.2, 0.25) is 5.91 Å². The van der Waals surface area contributed by atoms with Gasteiger partial charge in [0.15, 0.2) is 9.84 Å². The van der Waals surface area contributed by atoms with Crippen molar-refractivity contribution in [3.8, 4) is 5.75 Å². The number of anilines is 1. The number of ether oxygens (including phenoxy) is 1. The molecule has 1 fully saturated rings. The van der Waals surface area contributed by atoms with Crippen molar-refractivity contribution in [1.29, 1.82) is 0 Å². The van der Waals surface area contributed by atoms with Crippen molar-refractivity contribution in [2.75, 3.05) is 30.5 Å². The lowest BCUT2D eigenvalue weighted by molar-refractivity contribution is -0.120. The summed E-state index contributed by atoms with van der Waals surface area (Å²) in [4.78, 5) is 12.4. The van der Waals surface area contributed by atoms with Crippen LogP contribution in [0.1, 0.15) is 19.3 Å². The number of carbonyl (C=O) groups excluding carboxylic acids is 1. The van der Waals surface area contributed by atoms with Gasteiger partial charge in [0.25, 0.3) is 0 Å². The van der Waals surface area contributed by atoms with E-state index >= 15 is 0 Å². The SMILES string of the molecule is CS(=O)(=O)CCOc1cccc(NC(=O)[C@@H]2CCC[C@@H]2CN)c1. The molecular weight excluding hydrogens is 316 g/mol. The van der Waals surface area contributed by atoms with Gasteiger partial charge in [-0.15, -0.1) is 0 Å². The van der Waals surface area contributed by atoms with E-state index in [0.717, 1.165) is 19.3 Å². The predicted molar refractivity (Wildman–Crippen MR) is 90.2 cm³/mol.